The molecule has 0 amide bonds. The Hall–Kier alpha value is -2.62. The lowest BCUT2D eigenvalue weighted by atomic mass is 10.1. The van der Waals surface area contributed by atoms with Crippen molar-refractivity contribution in [2.45, 2.75) is 33.6 Å². The number of nitrogens with zero attached hydrogens (tertiary/aromatic N) is 1. The van der Waals surface area contributed by atoms with E-state index < -0.39 is 0 Å². The van der Waals surface area contributed by atoms with Gasteiger partial charge in [0.2, 0.25) is 0 Å². The number of nitrogens with one attached hydrogen (secondary N) is 1. The largest absolute Gasteiger partial charge is 0.494 e. The van der Waals surface area contributed by atoms with Gasteiger partial charge in [0.1, 0.15) is 11.4 Å². The molecule has 1 N–H and O–H groups in total. The monoisotopic (exact) mass is 322 g/mol. The Morgan fingerprint density at radius 1 is 1.08 bits per heavy atom. The molecule has 0 radical (unpaired) electrons. The minimum absolute atomic E-state index is 0.128. The predicted molar refractivity (Wildman–Crippen MR) is 96.9 cm³/mol. The van der Waals surface area contributed by atoms with Crippen LogP contribution in [0, 0.1) is 13.8 Å². The topological polar surface area (TPSA) is 55.0 Å². The van der Waals surface area contributed by atoms with Crippen LogP contribution >= 0.6 is 0 Å². The van der Waals surface area contributed by atoms with Crippen LogP contribution in [0.4, 0.5) is 0 Å². The fourth-order valence-corrected chi connectivity index (χ4v) is 2.62. The summed E-state index contributed by atoms with van der Waals surface area (Å²) in [6, 6.07) is 11.8. The molecule has 0 aliphatic rings. The number of rotatable bonds is 5. The zero-order valence-corrected chi connectivity index (χ0v) is 14.3. The first-order valence-electron chi connectivity index (χ1n) is 8.28. The highest BCUT2D eigenvalue weighted by molar-refractivity contribution is 5.76. The van der Waals surface area contributed by atoms with E-state index in [2.05, 4.69) is 23.8 Å². The van der Waals surface area contributed by atoms with Gasteiger partial charge in [-0.3, -0.25) is 4.79 Å². The maximum absolute atomic E-state index is 12.3. The summed E-state index contributed by atoms with van der Waals surface area (Å²) in [6.07, 6.45) is 1.49. The lowest BCUT2D eigenvalue weighted by Gasteiger charge is -2.07. The minimum Gasteiger partial charge on any atom is -0.494 e. The third-order valence-electron chi connectivity index (χ3n) is 4.15. The van der Waals surface area contributed by atoms with E-state index >= 15 is 0 Å². The average molecular weight is 322 g/mol. The Labute approximate surface area is 141 Å². The molecule has 4 nitrogen and oxygen atoms in total. The molecule has 2 aromatic carbocycles. The normalized spacial score (nSPS) is 11.0. The van der Waals surface area contributed by atoms with Crippen molar-refractivity contribution < 1.29 is 4.74 Å². The van der Waals surface area contributed by atoms with Crippen molar-refractivity contribution in [2.24, 2.45) is 0 Å². The van der Waals surface area contributed by atoms with Crippen LogP contribution < -0.4 is 10.3 Å². The van der Waals surface area contributed by atoms with Gasteiger partial charge in [0.05, 0.1) is 17.6 Å². The van der Waals surface area contributed by atoms with E-state index in [1.807, 2.05) is 43.3 Å². The van der Waals surface area contributed by atoms with E-state index in [1.165, 1.54) is 5.56 Å². The summed E-state index contributed by atoms with van der Waals surface area (Å²) in [5.41, 5.74) is 5.39. The second kappa shape index (κ2) is 6.87. The third kappa shape index (κ3) is 3.48. The van der Waals surface area contributed by atoms with Crippen molar-refractivity contribution in [1.82, 2.24) is 9.97 Å². The Balaban J connectivity index is 1.88. The van der Waals surface area contributed by atoms with Crippen LogP contribution in [-0.2, 0) is 6.42 Å². The summed E-state index contributed by atoms with van der Waals surface area (Å²) in [5, 5.41) is 0. The van der Waals surface area contributed by atoms with Crippen LogP contribution in [0.25, 0.3) is 11.0 Å². The Morgan fingerprint density at radius 3 is 2.50 bits per heavy atom. The fourth-order valence-electron chi connectivity index (χ4n) is 2.62. The molecular weight excluding hydrogens is 300 g/mol. The van der Waals surface area contributed by atoms with Gasteiger partial charge < -0.3 is 9.72 Å². The number of hydrogen-bond acceptors (Lipinski definition) is 3. The van der Waals surface area contributed by atoms with Crippen LogP contribution in [0.15, 0.2) is 41.2 Å². The first kappa shape index (κ1) is 16.2. The highest BCUT2D eigenvalue weighted by Crippen LogP contribution is 2.17. The van der Waals surface area contributed by atoms with Crippen LogP contribution in [0.2, 0.25) is 0 Å². The van der Waals surface area contributed by atoms with Crippen LogP contribution in [0.1, 0.15) is 35.7 Å². The first-order valence-corrected chi connectivity index (χ1v) is 8.28. The van der Waals surface area contributed by atoms with Gasteiger partial charge in [0.15, 0.2) is 0 Å². The minimum atomic E-state index is -0.128. The Bertz CT molecular complexity index is 911. The SMILES string of the molecule is CCCOc1ccc(Cc2nc3cc(C)c(C)cc3[nH]c2=O)cc1. The molecular formula is C20H22N2O2. The van der Waals surface area contributed by atoms with Crippen molar-refractivity contribution in [3.05, 3.63) is 69.1 Å². The van der Waals surface area contributed by atoms with Crippen LogP contribution in [0.5, 0.6) is 5.75 Å². The Kier molecular flexibility index (Phi) is 4.65. The van der Waals surface area contributed by atoms with E-state index in [1.54, 1.807) is 0 Å². The average Bonchev–Trinajstić information content (AvgIpc) is 2.57. The number of fused-ring (bicyclic) bond motifs is 1. The number of benzene rings is 2. The quantitative estimate of drug-likeness (QED) is 0.774. The molecule has 4 heteroatoms. The summed E-state index contributed by atoms with van der Waals surface area (Å²) in [6.45, 7) is 6.87. The predicted octanol–water partition coefficient (Wildman–Crippen LogP) is 3.92. The van der Waals surface area contributed by atoms with Crippen molar-refractivity contribution in [1.29, 1.82) is 0 Å². The lowest BCUT2D eigenvalue weighted by molar-refractivity contribution is 0.317. The van der Waals surface area contributed by atoms with Gasteiger partial charge in [-0.2, -0.15) is 0 Å². The highest BCUT2D eigenvalue weighted by atomic mass is 16.5. The summed E-state index contributed by atoms with van der Waals surface area (Å²) in [4.78, 5) is 19.8. The number of aryl methyl sites for hydroxylation is 2. The smallest absolute Gasteiger partial charge is 0.270 e. The number of aromatic nitrogens is 2. The van der Waals surface area contributed by atoms with Crippen molar-refractivity contribution in [2.75, 3.05) is 6.61 Å². The molecule has 3 rings (SSSR count). The summed E-state index contributed by atoms with van der Waals surface area (Å²) < 4.78 is 5.58. The molecule has 0 spiro atoms. The van der Waals surface area contributed by atoms with Gasteiger partial charge in [0.25, 0.3) is 5.56 Å². The Morgan fingerprint density at radius 2 is 1.79 bits per heavy atom. The summed E-state index contributed by atoms with van der Waals surface area (Å²) in [5.74, 6) is 0.854. The molecule has 1 heterocycles. The lowest BCUT2D eigenvalue weighted by Crippen LogP contribution is -2.15. The number of aromatic amines is 1. The molecule has 0 atom stereocenters. The number of ether oxygens (including phenoxy) is 1. The van der Waals surface area contributed by atoms with Gasteiger partial charge in [-0.05, 0) is 61.2 Å². The van der Waals surface area contributed by atoms with E-state index in [0.717, 1.165) is 34.3 Å². The molecule has 0 fully saturated rings. The maximum atomic E-state index is 12.3. The second-order valence-electron chi connectivity index (χ2n) is 6.14. The second-order valence-corrected chi connectivity index (χ2v) is 6.14. The molecule has 0 saturated heterocycles. The number of hydrogen-bond donors (Lipinski definition) is 1. The zero-order valence-electron chi connectivity index (χ0n) is 14.3. The molecule has 0 saturated carbocycles. The molecule has 124 valence electrons. The zero-order chi connectivity index (χ0) is 17.1. The van der Waals surface area contributed by atoms with Gasteiger partial charge in [-0.1, -0.05) is 19.1 Å². The van der Waals surface area contributed by atoms with Crippen molar-refractivity contribution in [3.8, 4) is 5.75 Å². The van der Waals surface area contributed by atoms with Gasteiger partial charge >= 0.3 is 0 Å². The van der Waals surface area contributed by atoms with Gasteiger partial charge in [-0.15, -0.1) is 0 Å². The first-order chi connectivity index (χ1) is 11.6. The van der Waals surface area contributed by atoms with Gasteiger partial charge in [0, 0.05) is 6.42 Å². The van der Waals surface area contributed by atoms with E-state index in [0.29, 0.717) is 18.7 Å². The van der Waals surface area contributed by atoms with Crippen LogP contribution in [0.3, 0.4) is 0 Å². The van der Waals surface area contributed by atoms with E-state index in [4.69, 9.17) is 4.74 Å². The van der Waals surface area contributed by atoms with Crippen molar-refractivity contribution >= 4 is 11.0 Å². The van der Waals surface area contributed by atoms with Gasteiger partial charge in [-0.25, -0.2) is 4.98 Å². The van der Waals surface area contributed by atoms with E-state index in [-0.39, 0.29) is 5.56 Å². The van der Waals surface area contributed by atoms with E-state index in [9.17, 15) is 4.79 Å². The van der Waals surface area contributed by atoms with Crippen molar-refractivity contribution in [3.63, 3.8) is 0 Å². The molecule has 0 unspecified atom stereocenters. The molecule has 0 bridgehead atoms. The summed E-state index contributed by atoms with van der Waals surface area (Å²) in [7, 11) is 0. The molecule has 1 aromatic heterocycles. The molecule has 0 aliphatic carbocycles. The van der Waals surface area contributed by atoms with Crippen LogP contribution in [-0.4, -0.2) is 16.6 Å². The molecule has 3 aromatic rings. The number of H-pyrrole nitrogens is 1. The fraction of sp³-hybridized carbons (Fsp3) is 0.300. The maximum Gasteiger partial charge on any atom is 0.270 e. The molecule has 24 heavy (non-hydrogen) atoms. The highest BCUT2D eigenvalue weighted by Gasteiger charge is 2.08. The molecule has 0 aliphatic heterocycles. The standard InChI is InChI=1S/C20H22N2O2/c1-4-9-24-16-7-5-15(6-8-16)12-19-20(23)22-18-11-14(3)13(2)10-17(18)21-19/h5-8,10-11H,4,9,12H2,1-3H3,(H,22,23). The summed E-state index contributed by atoms with van der Waals surface area (Å²) >= 11 is 0. The third-order valence-corrected chi connectivity index (χ3v) is 4.15.